The second-order valence-corrected chi connectivity index (χ2v) is 4.99. The zero-order valence-electron chi connectivity index (χ0n) is 10.1. The molecular weight excluding hydrogens is 204 g/mol. The first-order valence-electron chi connectivity index (χ1n) is 5.74. The molecule has 0 atom stereocenters. The van der Waals surface area contributed by atoms with Crippen molar-refractivity contribution in [3.8, 4) is 0 Å². The van der Waals surface area contributed by atoms with Gasteiger partial charge in [-0.2, -0.15) is 0 Å². The number of aryl methyl sites for hydroxylation is 1. The van der Waals surface area contributed by atoms with Gasteiger partial charge in [0.25, 0.3) is 0 Å². The summed E-state index contributed by atoms with van der Waals surface area (Å²) in [7, 11) is 0. The summed E-state index contributed by atoms with van der Waals surface area (Å²) in [5.41, 5.74) is 0.983. The van der Waals surface area contributed by atoms with Crippen molar-refractivity contribution in [3.63, 3.8) is 0 Å². The maximum absolute atomic E-state index is 11.3. The smallest absolute Gasteiger partial charge is 0.315 e. The summed E-state index contributed by atoms with van der Waals surface area (Å²) < 4.78 is 2.17. The Bertz CT molecular complexity index is 432. The molecule has 0 aliphatic carbocycles. The summed E-state index contributed by atoms with van der Waals surface area (Å²) in [6.45, 7) is 6.39. The number of fused-ring (bicyclic) bond motifs is 1. The van der Waals surface area contributed by atoms with E-state index < -0.39 is 11.4 Å². The molecule has 0 radical (unpaired) electrons. The van der Waals surface area contributed by atoms with Gasteiger partial charge in [-0.1, -0.05) is 0 Å². The first kappa shape index (κ1) is 11.2. The molecule has 0 fully saturated rings. The van der Waals surface area contributed by atoms with E-state index in [0.29, 0.717) is 0 Å². The van der Waals surface area contributed by atoms with Crippen LogP contribution in [0.15, 0.2) is 0 Å². The summed E-state index contributed by atoms with van der Waals surface area (Å²) >= 11 is 0. The molecule has 0 aromatic carbocycles. The van der Waals surface area contributed by atoms with Gasteiger partial charge in [-0.25, -0.2) is 4.98 Å². The SMILES string of the molecule is Cc1nc(C(C)(C)C(=O)O)c2n1CCCC2. The van der Waals surface area contributed by atoms with Gasteiger partial charge in [0.1, 0.15) is 11.2 Å². The second-order valence-electron chi connectivity index (χ2n) is 4.99. The lowest BCUT2D eigenvalue weighted by atomic mass is 9.86. The minimum atomic E-state index is -0.886. The Hall–Kier alpha value is -1.32. The van der Waals surface area contributed by atoms with Crippen LogP contribution in [0.4, 0.5) is 0 Å². The van der Waals surface area contributed by atoms with E-state index in [4.69, 9.17) is 0 Å². The first-order chi connectivity index (χ1) is 7.44. The molecule has 4 heteroatoms. The number of aromatic nitrogens is 2. The van der Waals surface area contributed by atoms with Crippen LogP contribution in [-0.4, -0.2) is 20.6 Å². The normalized spacial score (nSPS) is 15.9. The number of aliphatic carboxylic acids is 1. The molecule has 1 N–H and O–H groups in total. The van der Waals surface area contributed by atoms with Crippen LogP contribution in [0.2, 0.25) is 0 Å². The molecule has 0 spiro atoms. The van der Waals surface area contributed by atoms with Crippen LogP contribution in [0.3, 0.4) is 0 Å². The van der Waals surface area contributed by atoms with Crippen molar-refractivity contribution >= 4 is 5.97 Å². The van der Waals surface area contributed by atoms with Crippen LogP contribution in [0.5, 0.6) is 0 Å². The van der Waals surface area contributed by atoms with Crippen LogP contribution in [-0.2, 0) is 23.2 Å². The fraction of sp³-hybridized carbons (Fsp3) is 0.667. The molecule has 0 bridgehead atoms. The molecule has 1 aliphatic rings. The highest BCUT2D eigenvalue weighted by Gasteiger charge is 2.36. The van der Waals surface area contributed by atoms with E-state index in [-0.39, 0.29) is 0 Å². The Kier molecular flexibility index (Phi) is 2.52. The molecule has 0 saturated carbocycles. The average Bonchev–Trinajstić information content (AvgIpc) is 2.57. The molecule has 0 amide bonds. The Morgan fingerprint density at radius 3 is 2.75 bits per heavy atom. The zero-order valence-corrected chi connectivity index (χ0v) is 10.1. The lowest BCUT2D eigenvalue weighted by Crippen LogP contribution is -2.31. The fourth-order valence-electron chi connectivity index (χ4n) is 2.32. The number of carbonyl (C=O) groups is 1. The van der Waals surface area contributed by atoms with E-state index in [0.717, 1.165) is 43.0 Å². The summed E-state index contributed by atoms with van der Waals surface area (Å²) in [5.74, 6) is 0.137. The molecular formula is C12H18N2O2. The van der Waals surface area contributed by atoms with Crippen LogP contribution in [0.1, 0.15) is 43.9 Å². The molecule has 4 nitrogen and oxygen atoms in total. The van der Waals surface area contributed by atoms with E-state index in [9.17, 15) is 9.90 Å². The molecule has 1 aromatic rings. The van der Waals surface area contributed by atoms with E-state index >= 15 is 0 Å². The van der Waals surface area contributed by atoms with E-state index in [1.807, 2.05) is 6.92 Å². The van der Waals surface area contributed by atoms with Gasteiger partial charge in [0, 0.05) is 12.2 Å². The standard InChI is InChI=1S/C12H18N2O2/c1-8-13-10(12(2,3)11(15)16)9-6-4-5-7-14(8)9/h4-7H2,1-3H3,(H,15,16). The van der Waals surface area contributed by atoms with Gasteiger partial charge in [-0.3, -0.25) is 4.79 Å². The summed E-state index contributed by atoms with van der Waals surface area (Å²) in [4.78, 5) is 15.7. The minimum Gasteiger partial charge on any atom is -0.481 e. The van der Waals surface area contributed by atoms with Crippen molar-refractivity contribution in [2.75, 3.05) is 0 Å². The first-order valence-corrected chi connectivity index (χ1v) is 5.74. The number of imidazole rings is 1. The van der Waals surface area contributed by atoms with Gasteiger partial charge in [-0.15, -0.1) is 0 Å². The number of carboxylic acids is 1. The largest absolute Gasteiger partial charge is 0.481 e. The van der Waals surface area contributed by atoms with Crippen LogP contribution >= 0.6 is 0 Å². The van der Waals surface area contributed by atoms with E-state index in [1.165, 1.54) is 0 Å². The highest BCUT2D eigenvalue weighted by molar-refractivity contribution is 5.80. The highest BCUT2D eigenvalue weighted by Crippen LogP contribution is 2.30. The molecule has 0 unspecified atom stereocenters. The average molecular weight is 222 g/mol. The highest BCUT2D eigenvalue weighted by atomic mass is 16.4. The van der Waals surface area contributed by atoms with Gasteiger partial charge in [0.15, 0.2) is 0 Å². The van der Waals surface area contributed by atoms with Gasteiger partial charge in [0.2, 0.25) is 0 Å². The van der Waals surface area contributed by atoms with Crippen molar-refractivity contribution < 1.29 is 9.90 Å². The third kappa shape index (κ3) is 1.52. The monoisotopic (exact) mass is 222 g/mol. The minimum absolute atomic E-state index is 0.747. The Morgan fingerprint density at radius 1 is 1.44 bits per heavy atom. The van der Waals surface area contributed by atoms with Gasteiger partial charge < -0.3 is 9.67 Å². The van der Waals surface area contributed by atoms with Crippen molar-refractivity contribution in [2.24, 2.45) is 0 Å². The van der Waals surface area contributed by atoms with E-state index in [1.54, 1.807) is 13.8 Å². The van der Waals surface area contributed by atoms with Crippen molar-refractivity contribution in [2.45, 2.75) is 52.0 Å². The van der Waals surface area contributed by atoms with Gasteiger partial charge in [-0.05, 0) is 40.0 Å². The Morgan fingerprint density at radius 2 is 2.12 bits per heavy atom. The topological polar surface area (TPSA) is 55.1 Å². The number of nitrogens with zero attached hydrogens (tertiary/aromatic N) is 2. The van der Waals surface area contributed by atoms with Crippen molar-refractivity contribution in [3.05, 3.63) is 17.2 Å². The quantitative estimate of drug-likeness (QED) is 0.831. The fourth-order valence-corrected chi connectivity index (χ4v) is 2.32. The Balaban J connectivity index is 2.54. The van der Waals surface area contributed by atoms with Crippen LogP contribution < -0.4 is 0 Å². The molecule has 0 saturated heterocycles. The molecule has 1 aliphatic heterocycles. The van der Waals surface area contributed by atoms with Crippen molar-refractivity contribution in [1.82, 2.24) is 9.55 Å². The van der Waals surface area contributed by atoms with Crippen molar-refractivity contribution in [1.29, 1.82) is 0 Å². The molecule has 88 valence electrons. The second kappa shape index (κ2) is 3.61. The summed E-state index contributed by atoms with van der Waals surface area (Å²) in [5, 5.41) is 9.26. The van der Waals surface area contributed by atoms with E-state index in [2.05, 4.69) is 9.55 Å². The molecule has 2 rings (SSSR count). The third-order valence-electron chi connectivity index (χ3n) is 3.44. The predicted octanol–water partition coefficient (Wildman–Crippen LogP) is 1.89. The maximum Gasteiger partial charge on any atom is 0.315 e. The number of hydrogen-bond acceptors (Lipinski definition) is 2. The Labute approximate surface area is 95.3 Å². The molecule has 2 heterocycles. The lowest BCUT2D eigenvalue weighted by Gasteiger charge is -2.22. The van der Waals surface area contributed by atoms with Crippen LogP contribution in [0, 0.1) is 6.92 Å². The lowest BCUT2D eigenvalue weighted by molar-refractivity contribution is -0.142. The predicted molar refractivity (Wildman–Crippen MR) is 60.6 cm³/mol. The number of carboxylic acid groups (broad SMARTS) is 1. The van der Waals surface area contributed by atoms with Crippen LogP contribution in [0.25, 0.3) is 0 Å². The van der Waals surface area contributed by atoms with Gasteiger partial charge in [0.05, 0.1) is 5.69 Å². The summed E-state index contributed by atoms with van der Waals surface area (Å²) in [6.07, 6.45) is 3.25. The number of hydrogen-bond donors (Lipinski definition) is 1. The maximum atomic E-state index is 11.3. The van der Waals surface area contributed by atoms with Gasteiger partial charge >= 0.3 is 5.97 Å². The zero-order chi connectivity index (χ0) is 11.9. The summed E-state index contributed by atoms with van der Waals surface area (Å²) in [6, 6.07) is 0. The molecule has 1 aromatic heterocycles. The number of rotatable bonds is 2. The third-order valence-corrected chi connectivity index (χ3v) is 3.44. The molecule has 16 heavy (non-hydrogen) atoms.